The van der Waals surface area contributed by atoms with Crippen LogP contribution in [-0.2, 0) is 16.6 Å². The number of hydrogen-bond donors (Lipinski definition) is 1. The fraction of sp³-hybridized carbons (Fsp3) is 0.542. The molecule has 2 amide bonds. The van der Waals surface area contributed by atoms with Gasteiger partial charge < -0.3 is 19.7 Å². The molecule has 32 heavy (non-hydrogen) atoms. The Morgan fingerprint density at radius 1 is 1.28 bits per heavy atom. The van der Waals surface area contributed by atoms with Crippen molar-refractivity contribution < 1.29 is 19.1 Å². The van der Waals surface area contributed by atoms with E-state index < -0.39 is 5.60 Å². The van der Waals surface area contributed by atoms with E-state index in [1.807, 2.05) is 53.1 Å². The topological polar surface area (TPSA) is 85.7 Å². The van der Waals surface area contributed by atoms with Crippen LogP contribution in [-0.4, -0.2) is 58.0 Å². The molecule has 1 aromatic carbocycles. The second kappa shape index (κ2) is 10.1. The number of amides is 2. The van der Waals surface area contributed by atoms with Crippen molar-refractivity contribution in [1.82, 2.24) is 20.0 Å². The zero-order valence-corrected chi connectivity index (χ0v) is 19.6. The third-order valence-electron chi connectivity index (χ3n) is 5.42. The minimum atomic E-state index is -0.560. The third kappa shape index (κ3) is 6.24. The highest BCUT2D eigenvalue weighted by molar-refractivity contribution is 5.80. The molecule has 2 heterocycles. The largest absolute Gasteiger partial charge is 0.492 e. The van der Waals surface area contributed by atoms with Gasteiger partial charge in [0.15, 0.2) is 0 Å². The van der Waals surface area contributed by atoms with Crippen LogP contribution in [0.2, 0.25) is 0 Å². The molecule has 2 atom stereocenters. The van der Waals surface area contributed by atoms with Crippen LogP contribution in [0.5, 0.6) is 5.75 Å². The minimum absolute atomic E-state index is 0.0648. The zero-order valence-electron chi connectivity index (χ0n) is 19.6. The maximum atomic E-state index is 12.8. The molecule has 0 aliphatic carbocycles. The number of benzene rings is 1. The Morgan fingerprint density at radius 2 is 2.06 bits per heavy atom. The molecule has 173 valence electrons. The van der Waals surface area contributed by atoms with Crippen LogP contribution >= 0.6 is 0 Å². The van der Waals surface area contributed by atoms with Crippen molar-refractivity contribution in [1.29, 1.82) is 0 Å². The fourth-order valence-electron chi connectivity index (χ4n) is 3.82. The molecule has 1 aliphatic heterocycles. The molecular weight excluding hydrogens is 408 g/mol. The highest BCUT2D eigenvalue weighted by atomic mass is 16.6. The van der Waals surface area contributed by atoms with E-state index in [0.29, 0.717) is 25.4 Å². The lowest BCUT2D eigenvalue weighted by Gasteiger charge is -2.39. The third-order valence-corrected chi connectivity index (χ3v) is 5.42. The first-order chi connectivity index (χ1) is 15.1. The lowest BCUT2D eigenvalue weighted by atomic mass is 9.89. The van der Waals surface area contributed by atoms with Gasteiger partial charge in [-0.2, -0.15) is 5.10 Å². The number of hydrogen-bond acceptors (Lipinski definition) is 5. The molecule has 0 bridgehead atoms. The highest BCUT2D eigenvalue weighted by Gasteiger charge is 2.37. The van der Waals surface area contributed by atoms with E-state index in [-0.39, 0.29) is 24.0 Å². The summed E-state index contributed by atoms with van der Waals surface area (Å²) >= 11 is 0. The fourth-order valence-corrected chi connectivity index (χ4v) is 3.82. The van der Waals surface area contributed by atoms with Crippen LogP contribution in [0, 0.1) is 12.0 Å². The molecule has 1 radical (unpaired) electrons. The van der Waals surface area contributed by atoms with Crippen LogP contribution in [0.15, 0.2) is 30.6 Å². The summed E-state index contributed by atoms with van der Waals surface area (Å²) in [6, 6.07) is 8.44. The summed E-state index contributed by atoms with van der Waals surface area (Å²) in [4.78, 5) is 26.9. The molecule has 1 saturated heterocycles. The number of nitrogens with zero attached hydrogens (tertiary/aromatic N) is 3. The normalized spacial score (nSPS) is 18.8. The van der Waals surface area contributed by atoms with Gasteiger partial charge in [0.2, 0.25) is 5.91 Å². The highest BCUT2D eigenvalue weighted by Crippen LogP contribution is 2.26. The molecular formula is C24H33N4O4. The summed E-state index contributed by atoms with van der Waals surface area (Å²) in [6.45, 7) is 8.75. The number of piperidine rings is 1. The number of rotatable bonds is 6. The first kappa shape index (κ1) is 23.6. The van der Waals surface area contributed by atoms with Gasteiger partial charge >= 0.3 is 6.09 Å². The van der Waals surface area contributed by atoms with Gasteiger partial charge in [-0.25, -0.2) is 4.79 Å². The Morgan fingerprint density at radius 3 is 2.75 bits per heavy atom. The molecule has 3 rings (SSSR count). The van der Waals surface area contributed by atoms with Crippen molar-refractivity contribution in [2.75, 3.05) is 19.7 Å². The van der Waals surface area contributed by atoms with Crippen molar-refractivity contribution in [3.8, 4) is 16.9 Å². The number of aryl methyl sites for hydroxylation is 1. The molecule has 0 spiro atoms. The summed E-state index contributed by atoms with van der Waals surface area (Å²) < 4.78 is 13.0. The van der Waals surface area contributed by atoms with E-state index in [0.717, 1.165) is 24.0 Å². The average molecular weight is 442 g/mol. The molecule has 1 aromatic heterocycles. The maximum absolute atomic E-state index is 12.8. The molecule has 2 aromatic rings. The Balaban J connectivity index is 1.48. The van der Waals surface area contributed by atoms with E-state index in [2.05, 4.69) is 16.5 Å². The first-order valence-electron chi connectivity index (χ1n) is 11.0. The van der Waals surface area contributed by atoms with Gasteiger partial charge in [0, 0.05) is 31.4 Å². The van der Waals surface area contributed by atoms with E-state index >= 15 is 0 Å². The van der Waals surface area contributed by atoms with Crippen molar-refractivity contribution >= 4 is 12.0 Å². The van der Waals surface area contributed by atoms with Crippen molar-refractivity contribution in [2.24, 2.45) is 13.0 Å². The predicted octanol–water partition coefficient (Wildman–Crippen LogP) is 3.42. The lowest BCUT2D eigenvalue weighted by Crippen LogP contribution is -2.52. The standard InChI is InChI=1S/C24H33N4O4/c1-17-21(10-7-12-28(17)23(30)32-24(2,3)4)22(29)25-11-13-31-20-9-6-8-18(14-20)19-15-26-27(5)16-19/h8-9,14-17,21H,7,10-13H2,1-5H3,(H,25,29)/t17-,21-/m0/s1. The van der Waals surface area contributed by atoms with Gasteiger partial charge in [0.25, 0.3) is 0 Å². The van der Waals surface area contributed by atoms with Crippen molar-refractivity contribution in [3.05, 3.63) is 36.7 Å². The number of aromatic nitrogens is 2. The van der Waals surface area contributed by atoms with Crippen LogP contribution in [0.4, 0.5) is 4.79 Å². The van der Waals surface area contributed by atoms with Crippen molar-refractivity contribution in [2.45, 2.75) is 52.2 Å². The van der Waals surface area contributed by atoms with Gasteiger partial charge in [-0.3, -0.25) is 9.48 Å². The molecule has 0 unspecified atom stereocenters. The SMILES string of the molecule is C[C@H]1[C@@H](C(=O)NCCOc2c[c]cc(-c3cnn(C)c3)c2)CCCN1C(=O)OC(C)(C)C. The van der Waals surface area contributed by atoms with Gasteiger partial charge in [0.05, 0.1) is 18.7 Å². The Hall–Kier alpha value is -3.03. The van der Waals surface area contributed by atoms with Crippen LogP contribution < -0.4 is 10.1 Å². The minimum Gasteiger partial charge on any atom is -0.492 e. The summed E-state index contributed by atoms with van der Waals surface area (Å²) in [5.74, 6) is 0.353. The lowest BCUT2D eigenvalue weighted by molar-refractivity contribution is -0.128. The summed E-state index contributed by atoms with van der Waals surface area (Å²) in [5, 5.41) is 7.13. The first-order valence-corrected chi connectivity index (χ1v) is 11.0. The van der Waals surface area contributed by atoms with E-state index in [1.165, 1.54) is 0 Å². The Bertz CT molecular complexity index is 934. The van der Waals surface area contributed by atoms with Gasteiger partial charge in [-0.1, -0.05) is 0 Å². The molecule has 8 heteroatoms. The average Bonchev–Trinajstić information content (AvgIpc) is 3.16. The Kier molecular flexibility index (Phi) is 7.43. The number of likely N-dealkylation sites (tertiary alicyclic amines) is 1. The number of ether oxygens (including phenoxy) is 2. The molecule has 1 N–H and O–H groups in total. The second-order valence-corrected chi connectivity index (χ2v) is 9.16. The second-order valence-electron chi connectivity index (χ2n) is 9.16. The maximum Gasteiger partial charge on any atom is 0.410 e. The predicted molar refractivity (Wildman–Crippen MR) is 121 cm³/mol. The molecule has 8 nitrogen and oxygen atoms in total. The van der Waals surface area contributed by atoms with E-state index in [9.17, 15) is 9.59 Å². The van der Waals surface area contributed by atoms with E-state index in [4.69, 9.17) is 9.47 Å². The molecule has 1 fully saturated rings. The van der Waals surface area contributed by atoms with Crippen LogP contribution in [0.1, 0.15) is 40.5 Å². The quantitative estimate of drug-likeness (QED) is 0.695. The smallest absolute Gasteiger partial charge is 0.410 e. The van der Waals surface area contributed by atoms with Crippen molar-refractivity contribution in [3.63, 3.8) is 0 Å². The van der Waals surface area contributed by atoms with Gasteiger partial charge in [-0.15, -0.1) is 0 Å². The number of carbonyl (C=O) groups excluding carboxylic acids is 2. The molecule has 0 saturated carbocycles. The summed E-state index contributed by atoms with van der Waals surface area (Å²) in [7, 11) is 1.87. The van der Waals surface area contributed by atoms with Gasteiger partial charge in [-0.05, 0) is 70.4 Å². The summed E-state index contributed by atoms with van der Waals surface area (Å²) in [6.07, 6.45) is 4.87. The van der Waals surface area contributed by atoms with E-state index in [1.54, 1.807) is 21.8 Å². The van der Waals surface area contributed by atoms with Crippen LogP contribution in [0.3, 0.4) is 0 Å². The molecule has 1 aliphatic rings. The van der Waals surface area contributed by atoms with Gasteiger partial charge in [0.1, 0.15) is 18.0 Å². The number of carbonyl (C=O) groups is 2. The van der Waals surface area contributed by atoms with Crippen LogP contribution in [0.25, 0.3) is 11.1 Å². The Labute approximate surface area is 189 Å². The number of nitrogens with one attached hydrogen (secondary N) is 1. The zero-order chi connectivity index (χ0) is 23.3. The summed E-state index contributed by atoms with van der Waals surface area (Å²) in [5.41, 5.74) is 1.40. The monoisotopic (exact) mass is 441 g/mol.